The number of aromatic nitrogens is 3. The van der Waals surface area contributed by atoms with Gasteiger partial charge in [0.2, 0.25) is 11.9 Å². The van der Waals surface area contributed by atoms with Crippen LogP contribution in [0.25, 0.3) is 0 Å². The molecule has 1 aliphatic rings. The molecule has 7 heteroatoms. The Balaban J connectivity index is 1.92. The number of rotatable bonds is 6. The third-order valence-electron chi connectivity index (χ3n) is 3.50. The Morgan fingerprint density at radius 1 is 1.10 bits per heavy atom. The molecule has 112 valence electrons. The van der Waals surface area contributed by atoms with Crippen LogP contribution in [-0.4, -0.2) is 46.4 Å². The first kappa shape index (κ1) is 14.8. The molecule has 0 spiro atoms. The molecule has 0 radical (unpaired) electrons. The van der Waals surface area contributed by atoms with E-state index < -0.39 is 0 Å². The van der Waals surface area contributed by atoms with Crippen LogP contribution in [0.1, 0.15) is 32.6 Å². The minimum absolute atomic E-state index is 0.121. The van der Waals surface area contributed by atoms with E-state index in [1.807, 2.05) is 6.92 Å². The lowest BCUT2D eigenvalue weighted by molar-refractivity contribution is 0.111. The van der Waals surface area contributed by atoms with Crippen LogP contribution in [0.3, 0.4) is 0 Å². The Morgan fingerprint density at radius 2 is 1.75 bits per heavy atom. The van der Waals surface area contributed by atoms with Gasteiger partial charge >= 0.3 is 6.01 Å². The Labute approximate surface area is 119 Å². The van der Waals surface area contributed by atoms with Crippen molar-refractivity contribution in [2.45, 2.75) is 38.7 Å². The number of ether oxygens (including phenoxy) is 1. The van der Waals surface area contributed by atoms with Crippen molar-refractivity contribution in [3.63, 3.8) is 0 Å². The molecule has 1 aromatic heterocycles. The maximum atomic E-state index is 9.50. The topological polar surface area (TPSA) is 92.2 Å². The van der Waals surface area contributed by atoms with Crippen molar-refractivity contribution in [2.24, 2.45) is 5.92 Å². The lowest BCUT2D eigenvalue weighted by atomic mass is 9.87. The first-order valence-corrected chi connectivity index (χ1v) is 7.17. The van der Waals surface area contributed by atoms with E-state index in [9.17, 15) is 5.11 Å². The summed E-state index contributed by atoms with van der Waals surface area (Å²) in [7, 11) is 1.54. The summed E-state index contributed by atoms with van der Waals surface area (Å²) in [5.74, 6) is 1.60. The number of nitrogens with one attached hydrogen (secondary N) is 2. The molecule has 1 aromatic rings. The van der Waals surface area contributed by atoms with Gasteiger partial charge in [-0.3, -0.25) is 0 Å². The summed E-state index contributed by atoms with van der Waals surface area (Å²) in [6, 6.07) is 0.303. The molecule has 0 unspecified atom stereocenters. The van der Waals surface area contributed by atoms with Crippen LogP contribution in [0.5, 0.6) is 6.01 Å². The molecule has 0 aromatic carbocycles. The van der Waals surface area contributed by atoms with Gasteiger partial charge in [-0.1, -0.05) is 0 Å². The Morgan fingerprint density at radius 3 is 2.35 bits per heavy atom. The summed E-state index contributed by atoms with van der Waals surface area (Å²) in [6.45, 7) is 3.54. The maximum Gasteiger partial charge on any atom is 0.322 e. The summed E-state index contributed by atoms with van der Waals surface area (Å²) >= 11 is 0. The lowest BCUT2D eigenvalue weighted by Crippen LogP contribution is -2.24. The standard InChI is InChI=1S/C13H23N5O2/c1-3-14-11-16-12(18-13(17-11)20-2)15-8-9-4-6-10(19)7-5-9/h9-10,19H,3-8H2,1-2H3,(H2,14,15,16,17,18). The second kappa shape index (κ2) is 7.23. The van der Waals surface area contributed by atoms with Crippen LogP contribution in [0.4, 0.5) is 11.9 Å². The molecule has 0 saturated heterocycles. The molecule has 1 fully saturated rings. The van der Waals surface area contributed by atoms with E-state index in [4.69, 9.17) is 4.74 Å². The summed E-state index contributed by atoms with van der Waals surface area (Å²) in [6.07, 6.45) is 3.72. The maximum absolute atomic E-state index is 9.50. The molecular weight excluding hydrogens is 258 g/mol. The normalized spacial score (nSPS) is 22.4. The van der Waals surface area contributed by atoms with E-state index in [2.05, 4.69) is 25.6 Å². The van der Waals surface area contributed by atoms with Gasteiger partial charge in [-0.2, -0.15) is 15.0 Å². The van der Waals surface area contributed by atoms with Gasteiger partial charge < -0.3 is 20.5 Å². The summed E-state index contributed by atoms with van der Waals surface area (Å²) in [4.78, 5) is 12.6. The number of aliphatic hydroxyl groups excluding tert-OH is 1. The van der Waals surface area contributed by atoms with Gasteiger partial charge in [0.25, 0.3) is 0 Å². The second-order valence-corrected chi connectivity index (χ2v) is 5.06. The smallest absolute Gasteiger partial charge is 0.322 e. The highest BCUT2D eigenvalue weighted by Gasteiger charge is 2.19. The number of hydrogen-bond acceptors (Lipinski definition) is 7. The molecule has 1 heterocycles. The average Bonchev–Trinajstić information content (AvgIpc) is 2.47. The minimum Gasteiger partial charge on any atom is -0.467 e. The molecule has 1 saturated carbocycles. The van der Waals surface area contributed by atoms with E-state index in [0.29, 0.717) is 23.8 Å². The third kappa shape index (κ3) is 4.19. The molecule has 3 N–H and O–H groups in total. The highest BCUT2D eigenvalue weighted by molar-refractivity contribution is 5.35. The van der Waals surface area contributed by atoms with Gasteiger partial charge in [0.15, 0.2) is 0 Å². The SMILES string of the molecule is CCNc1nc(NCC2CCC(O)CC2)nc(OC)n1. The minimum atomic E-state index is -0.121. The number of aliphatic hydroxyl groups is 1. The van der Waals surface area contributed by atoms with Crippen molar-refractivity contribution in [1.29, 1.82) is 0 Å². The lowest BCUT2D eigenvalue weighted by Gasteiger charge is -2.25. The Bertz CT molecular complexity index is 421. The van der Waals surface area contributed by atoms with Crippen molar-refractivity contribution >= 4 is 11.9 Å². The summed E-state index contributed by atoms with van der Waals surface area (Å²) < 4.78 is 5.07. The summed E-state index contributed by atoms with van der Waals surface area (Å²) in [5, 5.41) is 15.8. The fourth-order valence-corrected chi connectivity index (χ4v) is 2.35. The largest absolute Gasteiger partial charge is 0.467 e. The molecule has 2 rings (SSSR count). The quantitative estimate of drug-likeness (QED) is 0.723. The van der Waals surface area contributed by atoms with Crippen LogP contribution in [0, 0.1) is 5.92 Å². The molecule has 0 aliphatic heterocycles. The first-order valence-electron chi connectivity index (χ1n) is 7.17. The highest BCUT2D eigenvalue weighted by atomic mass is 16.5. The summed E-state index contributed by atoms with van der Waals surface area (Å²) in [5.41, 5.74) is 0. The number of methoxy groups -OCH3 is 1. The van der Waals surface area contributed by atoms with Crippen molar-refractivity contribution < 1.29 is 9.84 Å². The Hall–Kier alpha value is -1.63. The molecule has 0 atom stereocenters. The van der Waals surface area contributed by atoms with Gasteiger partial charge in [0.05, 0.1) is 13.2 Å². The van der Waals surface area contributed by atoms with Crippen molar-refractivity contribution in [3.8, 4) is 6.01 Å². The van der Waals surface area contributed by atoms with Crippen LogP contribution in [0.15, 0.2) is 0 Å². The van der Waals surface area contributed by atoms with E-state index >= 15 is 0 Å². The van der Waals surface area contributed by atoms with E-state index in [-0.39, 0.29) is 6.10 Å². The first-order chi connectivity index (χ1) is 9.71. The van der Waals surface area contributed by atoms with E-state index in [1.165, 1.54) is 7.11 Å². The zero-order chi connectivity index (χ0) is 14.4. The van der Waals surface area contributed by atoms with Crippen LogP contribution in [0.2, 0.25) is 0 Å². The highest BCUT2D eigenvalue weighted by Crippen LogP contribution is 2.24. The number of hydrogen-bond donors (Lipinski definition) is 3. The van der Waals surface area contributed by atoms with E-state index in [0.717, 1.165) is 38.8 Å². The van der Waals surface area contributed by atoms with Crippen molar-refractivity contribution in [3.05, 3.63) is 0 Å². The molecular formula is C13H23N5O2. The van der Waals surface area contributed by atoms with Crippen LogP contribution in [-0.2, 0) is 0 Å². The zero-order valence-corrected chi connectivity index (χ0v) is 12.1. The monoisotopic (exact) mass is 281 g/mol. The predicted octanol–water partition coefficient (Wildman–Crippen LogP) is 1.27. The van der Waals surface area contributed by atoms with Gasteiger partial charge in [0, 0.05) is 13.1 Å². The molecule has 1 aliphatic carbocycles. The van der Waals surface area contributed by atoms with Gasteiger partial charge in [-0.15, -0.1) is 0 Å². The van der Waals surface area contributed by atoms with Crippen LogP contribution < -0.4 is 15.4 Å². The van der Waals surface area contributed by atoms with Crippen LogP contribution >= 0.6 is 0 Å². The van der Waals surface area contributed by atoms with Gasteiger partial charge in [-0.05, 0) is 38.5 Å². The molecule has 0 amide bonds. The average molecular weight is 281 g/mol. The zero-order valence-electron chi connectivity index (χ0n) is 12.1. The Kier molecular flexibility index (Phi) is 5.34. The fourth-order valence-electron chi connectivity index (χ4n) is 2.35. The predicted molar refractivity (Wildman–Crippen MR) is 77.0 cm³/mol. The van der Waals surface area contributed by atoms with Gasteiger partial charge in [-0.25, -0.2) is 0 Å². The number of anilines is 2. The van der Waals surface area contributed by atoms with Gasteiger partial charge in [0.1, 0.15) is 0 Å². The second-order valence-electron chi connectivity index (χ2n) is 5.06. The molecule has 20 heavy (non-hydrogen) atoms. The third-order valence-corrected chi connectivity index (χ3v) is 3.50. The fraction of sp³-hybridized carbons (Fsp3) is 0.769. The molecule has 7 nitrogen and oxygen atoms in total. The van der Waals surface area contributed by atoms with E-state index in [1.54, 1.807) is 0 Å². The van der Waals surface area contributed by atoms with Crippen molar-refractivity contribution in [2.75, 3.05) is 30.8 Å². The molecule has 0 bridgehead atoms. The van der Waals surface area contributed by atoms with Crippen molar-refractivity contribution in [1.82, 2.24) is 15.0 Å². The number of nitrogens with zero attached hydrogens (tertiary/aromatic N) is 3.